The highest BCUT2D eigenvalue weighted by atomic mass is 16.5. The zero-order chi connectivity index (χ0) is 27.3. The maximum absolute atomic E-state index is 13.4. The zero-order valence-electron chi connectivity index (χ0n) is 23.0. The van der Waals surface area contributed by atoms with Crippen LogP contribution in [0.1, 0.15) is 37.3 Å². The summed E-state index contributed by atoms with van der Waals surface area (Å²) in [5, 5.41) is 0. The summed E-state index contributed by atoms with van der Waals surface area (Å²) in [6, 6.07) is 11.2. The average molecular weight is 523 g/mol. The largest absolute Gasteiger partial charge is 0.497 e. The van der Waals surface area contributed by atoms with Crippen molar-refractivity contribution in [3.05, 3.63) is 53.1 Å². The fraction of sp³-hybridized carbons (Fsp3) is 0.467. The Morgan fingerprint density at radius 3 is 2.11 bits per heavy atom. The third-order valence-electron chi connectivity index (χ3n) is 7.84. The van der Waals surface area contributed by atoms with Crippen molar-refractivity contribution in [2.45, 2.75) is 32.6 Å². The number of likely N-dealkylation sites (tertiary alicyclic amines) is 2. The Labute approximate surface area is 225 Å². The van der Waals surface area contributed by atoms with Gasteiger partial charge in [0.05, 0.1) is 34.9 Å². The van der Waals surface area contributed by atoms with Crippen LogP contribution in [0, 0.1) is 5.41 Å². The molecule has 2 aromatic carbocycles. The minimum absolute atomic E-state index is 0.0234. The molecule has 4 rings (SSSR count). The second-order valence-electron chi connectivity index (χ2n) is 10.2. The first-order valence-electron chi connectivity index (χ1n) is 13.0. The fourth-order valence-corrected chi connectivity index (χ4v) is 5.53. The van der Waals surface area contributed by atoms with E-state index in [1.165, 1.54) is 0 Å². The number of hydrogen-bond donors (Lipinski definition) is 0. The minimum atomic E-state index is 0.0234. The summed E-state index contributed by atoms with van der Waals surface area (Å²) in [5.41, 5.74) is 2.43. The van der Waals surface area contributed by atoms with Crippen LogP contribution >= 0.6 is 0 Å². The molecule has 2 aliphatic heterocycles. The van der Waals surface area contributed by atoms with Crippen LogP contribution in [-0.4, -0.2) is 76.2 Å². The van der Waals surface area contributed by atoms with Gasteiger partial charge in [0.1, 0.15) is 11.5 Å². The molecule has 0 radical (unpaired) electrons. The predicted molar refractivity (Wildman–Crippen MR) is 146 cm³/mol. The predicted octanol–water partition coefficient (Wildman–Crippen LogP) is 4.21. The number of ether oxygens (including phenoxy) is 4. The van der Waals surface area contributed by atoms with Gasteiger partial charge in [-0.15, -0.1) is 0 Å². The van der Waals surface area contributed by atoms with Crippen LogP contribution < -0.4 is 18.9 Å². The maximum atomic E-state index is 13.4. The van der Waals surface area contributed by atoms with E-state index in [1.54, 1.807) is 34.5 Å². The first kappa shape index (κ1) is 27.4. The van der Waals surface area contributed by atoms with Crippen molar-refractivity contribution in [2.24, 2.45) is 5.41 Å². The highest BCUT2D eigenvalue weighted by molar-refractivity contribution is 5.98. The van der Waals surface area contributed by atoms with E-state index in [0.717, 1.165) is 62.3 Å². The Bertz CT molecular complexity index is 1200. The summed E-state index contributed by atoms with van der Waals surface area (Å²) in [6.45, 7) is 4.73. The molecule has 2 saturated heterocycles. The van der Waals surface area contributed by atoms with Gasteiger partial charge in [-0.25, -0.2) is 0 Å². The minimum Gasteiger partial charge on any atom is -0.497 e. The van der Waals surface area contributed by atoms with Gasteiger partial charge >= 0.3 is 0 Å². The first-order chi connectivity index (χ1) is 18.3. The standard InChI is InChI=1S/C30H38N2O6/c1-21(15-23-18-26(37-4)27(38-5)19-25(23)36-3)29(34)32-14-11-30(20-32)9-12-31(13-10-30)28(33)17-22-7-6-8-24(16-22)35-2/h6-8,15-16,18-19H,9-14,17,20H2,1-5H3. The van der Waals surface area contributed by atoms with Crippen molar-refractivity contribution < 1.29 is 28.5 Å². The van der Waals surface area contributed by atoms with Crippen LogP contribution in [0.3, 0.4) is 0 Å². The van der Waals surface area contributed by atoms with Gasteiger partial charge in [0.15, 0.2) is 11.5 Å². The van der Waals surface area contributed by atoms with Crippen LogP contribution in [-0.2, 0) is 16.0 Å². The van der Waals surface area contributed by atoms with Gasteiger partial charge in [0, 0.05) is 43.4 Å². The van der Waals surface area contributed by atoms with Crippen LogP contribution in [0.2, 0.25) is 0 Å². The Morgan fingerprint density at radius 1 is 0.842 bits per heavy atom. The molecule has 0 unspecified atom stereocenters. The second-order valence-corrected chi connectivity index (χ2v) is 10.2. The lowest BCUT2D eigenvalue weighted by atomic mass is 9.77. The average Bonchev–Trinajstić information content (AvgIpc) is 3.35. The van der Waals surface area contributed by atoms with Crippen LogP contribution in [0.15, 0.2) is 42.0 Å². The highest BCUT2D eigenvalue weighted by Crippen LogP contribution is 2.41. The van der Waals surface area contributed by atoms with E-state index in [-0.39, 0.29) is 17.2 Å². The fourth-order valence-electron chi connectivity index (χ4n) is 5.53. The molecule has 0 saturated carbocycles. The van der Waals surface area contributed by atoms with Crippen LogP contribution in [0.25, 0.3) is 6.08 Å². The summed E-state index contributed by atoms with van der Waals surface area (Å²) in [6.07, 6.45) is 5.00. The monoisotopic (exact) mass is 522 g/mol. The third kappa shape index (κ3) is 5.90. The lowest BCUT2D eigenvalue weighted by molar-refractivity contribution is -0.133. The molecule has 38 heavy (non-hydrogen) atoms. The summed E-state index contributed by atoms with van der Waals surface area (Å²) in [4.78, 5) is 30.2. The smallest absolute Gasteiger partial charge is 0.249 e. The summed E-state index contributed by atoms with van der Waals surface area (Å²) in [7, 11) is 6.38. The molecule has 0 atom stereocenters. The van der Waals surface area contributed by atoms with Crippen molar-refractivity contribution in [3.63, 3.8) is 0 Å². The Hall–Kier alpha value is -3.68. The molecule has 2 aliphatic rings. The van der Waals surface area contributed by atoms with Gasteiger partial charge in [-0.1, -0.05) is 12.1 Å². The van der Waals surface area contributed by atoms with E-state index in [0.29, 0.717) is 29.2 Å². The van der Waals surface area contributed by atoms with Gasteiger partial charge in [-0.2, -0.15) is 0 Å². The molecule has 2 fully saturated rings. The maximum Gasteiger partial charge on any atom is 0.249 e. The first-order valence-corrected chi connectivity index (χ1v) is 13.0. The highest BCUT2D eigenvalue weighted by Gasteiger charge is 2.42. The zero-order valence-corrected chi connectivity index (χ0v) is 23.0. The second kappa shape index (κ2) is 11.8. The van der Waals surface area contributed by atoms with Crippen molar-refractivity contribution in [3.8, 4) is 23.0 Å². The lowest BCUT2D eigenvalue weighted by Crippen LogP contribution is -2.45. The topological polar surface area (TPSA) is 77.5 Å². The molecule has 8 heteroatoms. The van der Waals surface area contributed by atoms with Gasteiger partial charge in [-0.05, 0) is 61.4 Å². The van der Waals surface area contributed by atoms with E-state index >= 15 is 0 Å². The molecule has 0 N–H and O–H groups in total. The molecule has 0 aliphatic carbocycles. The SMILES string of the molecule is COc1cccc(CC(=O)N2CCC3(CC2)CCN(C(=O)C(C)=Cc2cc(OC)c(OC)cc2OC)C3)c1. The van der Waals surface area contributed by atoms with E-state index in [4.69, 9.17) is 18.9 Å². The molecule has 0 bridgehead atoms. The lowest BCUT2D eigenvalue weighted by Gasteiger charge is -2.39. The van der Waals surface area contributed by atoms with Gasteiger partial charge in [0.2, 0.25) is 11.8 Å². The number of rotatable bonds is 8. The normalized spacial score (nSPS) is 16.9. The summed E-state index contributed by atoms with van der Waals surface area (Å²) >= 11 is 0. The molecule has 2 heterocycles. The summed E-state index contributed by atoms with van der Waals surface area (Å²) < 4.78 is 21.6. The number of piperidine rings is 1. The molecular formula is C30H38N2O6. The quantitative estimate of drug-likeness (QED) is 0.484. The number of methoxy groups -OCH3 is 4. The van der Waals surface area contributed by atoms with E-state index < -0.39 is 0 Å². The number of carbonyl (C=O) groups excluding carboxylic acids is 2. The molecule has 2 amide bonds. The number of amides is 2. The van der Waals surface area contributed by atoms with Crippen LogP contribution in [0.5, 0.6) is 23.0 Å². The number of hydrogen-bond acceptors (Lipinski definition) is 6. The Balaban J connectivity index is 1.37. The number of carbonyl (C=O) groups is 2. The number of benzene rings is 2. The van der Waals surface area contributed by atoms with Gasteiger partial charge < -0.3 is 28.7 Å². The molecule has 204 valence electrons. The van der Waals surface area contributed by atoms with Crippen molar-refractivity contribution >= 4 is 17.9 Å². The van der Waals surface area contributed by atoms with Crippen molar-refractivity contribution in [2.75, 3.05) is 54.6 Å². The molecule has 2 aromatic rings. The van der Waals surface area contributed by atoms with E-state index in [9.17, 15) is 9.59 Å². The molecule has 1 spiro atoms. The molecule has 8 nitrogen and oxygen atoms in total. The third-order valence-corrected chi connectivity index (χ3v) is 7.84. The van der Waals surface area contributed by atoms with Gasteiger partial charge in [0.25, 0.3) is 0 Å². The van der Waals surface area contributed by atoms with Gasteiger partial charge in [-0.3, -0.25) is 9.59 Å². The Morgan fingerprint density at radius 2 is 1.47 bits per heavy atom. The molecular weight excluding hydrogens is 484 g/mol. The van der Waals surface area contributed by atoms with Crippen molar-refractivity contribution in [1.29, 1.82) is 0 Å². The van der Waals surface area contributed by atoms with E-state index in [2.05, 4.69) is 0 Å². The summed E-state index contributed by atoms with van der Waals surface area (Å²) in [5.74, 6) is 2.68. The van der Waals surface area contributed by atoms with Crippen LogP contribution in [0.4, 0.5) is 0 Å². The molecule has 0 aromatic heterocycles. The van der Waals surface area contributed by atoms with Crippen molar-refractivity contribution in [1.82, 2.24) is 9.80 Å². The number of nitrogens with zero attached hydrogens (tertiary/aromatic N) is 2. The van der Waals surface area contributed by atoms with E-state index in [1.807, 2.05) is 53.1 Å². The Kier molecular flexibility index (Phi) is 8.49.